The van der Waals surface area contributed by atoms with Crippen molar-refractivity contribution >= 4 is 0 Å². The van der Waals surface area contributed by atoms with Crippen molar-refractivity contribution in [1.29, 1.82) is 0 Å². The molecule has 6 heteroatoms. The van der Waals surface area contributed by atoms with Gasteiger partial charge < -0.3 is 4.98 Å². The van der Waals surface area contributed by atoms with Gasteiger partial charge in [-0.3, -0.25) is 9.80 Å². The Morgan fingerprint density at radius 3 is 2.42 bits per heavy atom. The Hall–Kier alpha value is -1.79. The van der Waals surface area contributed by atoms with Gasteiger partial charge in [0.15, 0.2) is 0 Å². The summed E-state index contributed by atoms with van der Waals surface area (Å²) in [4.78, 5) is 20.5. The molecule has 0 aromatic carbocycles. The van der Waals surface area contributed by atoms with Crippen LogP contribution in [-0.4, -0.2) is 55.9 Å². The lowest BCUT2D eigenvalue weighted by atomic mass is 10.3. The number of nitrogens with one attached hydrogen (secondary N) is 1. The summed E-state index contributed by atoms with van der Waals surface area (Å²) in [6.07, 6.45) is 7.10. The molecule has 6 nitrogen and oxygen atoms in total. The molecule has 0 unspecified atom stereocenters. The van der Waals surface area contributed by atoms with E-state index in [1.807, 2.05) is 12.3 Å². The third kappa shape index (κ3) is 3.36. The minimum Gasteiger partial charge on any atom is -0.348 e. The summed E-state index contributed by atoms with van der Waals surface area (Å²) >= 11 is 0. The van der Waals surface area contributed by atoms with Gasteiger partial charge in [-0.15, -0.1) is 0 Å². The highest BCUT2D eigenvalue weighted by Gasteiger charge is 2.17. The Morgan fingerprint density at radius 2 is 1.79 bits per heavy atom. The van der Waals surface area contributed by atoms with Crippen LogP contribution in [0.5, 0.6) is 0 Å². The molecule has 19 heavy (non-hydrogen) atoms. The van der Waals surface area contributed by atoms with Gasteiger partial charge in [0.2, 0.25) is 0 Å². The number of aromatic nitrogens is 4. The van der Waals surface area contributed by atoms with Crippen LogP contribution in [0.15, 0.2) is 31.0 Å². The molecule has 3 rings (SSSR count). The molecule has 1 aliphatic rings. The first kappa shape index (κ1) is 12.3. The molecule has 0 aliphatic carbocycles. The summed E-state index contributed by atoms with van der Waals surface area (Å²) in [5.41, 5.74) is 1.09. The number of imidazole rings is 1. The molecular weight excluding hydrogens is 240 g/mol. The van der Waals surface area contributed by atoms with E-state index in [2.05, 4.69) is 29.7 Å². The zero-order valence-corrected chi connectivity index (χ0v) is 10.9. The number of piperazine rings is 1. The maximum absolute atomic E-state index is 4.27. The number of hydrogen-bond acceptors (Lipinski definition) is 5. The van der Waals surface area contributed by atoms with Gasteiger partial charge in [-0.1, -0.05) is 0 Å². The first-order chi connectivity index (χ1) is 9.40. The van der Waals surface area contributed by atoms with E-state index >= 15 is 0 Å². The molecule has 2 aromatic rings. The van der Waals surface area contributed by atoms with Crippen LogP contribution in [0.4, 0.5) is 0 Å². The lowest BCUT2D eigenvalue weighted by Crippen LogP contribution is -2.45. The number of rotatable bonds is 4. The summed E-state index contributed by atoms with van der Waals surface area (Å²) in [6.45, 7) is 6.12. The van der Waals surface area contributed by atoms with Crippen molar-refractivity contribution in [3.8, 4) is 0 Å². The normalized spacial score (nSPS) is 17.7. The van der Waals surface area contributed by atoms with Gasteiger partial charge in [0.05, 0.1) is 12.2 Å². The zero-order chi connectivity index (χ0) is 12.9. The SMILES string of the molecule is c1cc(CN2CCN(Cc3ncc[nH]3)CC2)ncn1. The molecule has 100 valence electrons. The molecule has 3 heterocycles. The molecule has 2 aromatic heterocycles. The second kappa shape index (κ2) is 5.90. The molecule has 0 spiro atoms. The highest BCUT2D eigenvalue weighted by molar-refractivity contribution is 4.98. The van der Waals surface area contributed by atoms with Crippen LogP contribution in [0.25, 0.3) is 0 Å². The van der Waals surface area contributed by atoms with Crippen molar-refractivity contribution in [3.63, 3.8) is 0 Å². The fraction of sp³-hybridized carbons (Fsp3) is 0.462. The molecule has 0 atom stereocenters. The molecule has 0 amide bonds. The van der Waals surface area contributed by atoms with E-state index in [0.717, 1.165) is 50.8 Å². The van der Waals surface area contributed by atoms with Crippen LogP contribution in [0.1, 0.15) is 11.5 Å². The smallest absolute Gasteiger partial charge is 0.120 e. The number of H-pyrrole nitrogens is 1. The van der Waals surface area contributed by atoms with Crippen molar-refractivity contribution in [2.75, 3.05) is 26.2 Å². The number of hydrogen-bond donors (Lipinski definition) is 1. The molecule has 1 fully saturated rings. The Morgan fingerprint density at radius 1 is 1.00 bits per heavy atom. The van der Waals surface area contributed by atoms with Crippen LogP contribution >= 0.6 is 0 Å². The van der Waals surface area contributed by atoms with Crippen molar-refractivity contribution in [2.45, 2.75) is 13.1 Å². The van der Waals surface area contributed by atoms with Gasteiger partial charge in [0, 0.05) is 51.3 Å². The monoisotopic (exact) mass is 258 g/mol. The minimum atomic E-state index is 0.911. The molecule has 0 saturated carbocycles. The summed E-state index contributed by atoms with van der Waals surface area (Å²) in [6, 6.07) is 1.98. The molecule has 1 aliphatic heterocycles. The third-order valence-electron chi connectivity index (χ3n) is 3.42. The van der Waals surface area contributed by atoms with E-state index in [1.165, 1.54) is 0 Å². The van der Waals surface area contributed by atoms with Crippen molar-refractivity contribution in [1.82, 2.24) is 29.7 Å². The van der Waals surface area contributed by atoms with Gasteiger partial charge in [0.1, 0.15) is 12.2 Å². The minimum absolute atomic E-state index is 0.911. The quantitative estimate of drug-likeness (QED) is 0.866. The van der Waals surface area contributed by atoms with E-state index in [9.17, 15) is 0 Å². The summed E-state index contributed by atoms with van der Waals surface area (Å²) in [5, 5.41) is 0. The Labute approximate surface area is 112 Å². The average molecular weight is 258 g/mol. The predicted molar refractivity (Wildman–Crippen MR) is 71.2 cm³/mol. The van der Waals surface area contributed by atoms with Crippen LogP contribution in [-0.2, 0) is 13.1 Å². The van der Waals surface area contributed by atoms with Crippen LogP contribution in [0.2, 0.25) is 0 Å². The van der Waals surface area contributed by atoms with E-state index < -0.39 is 0 Å². The lowest BCUT2D eigenvalue weighted by Gasteiger charge is -2.33. The largest absolute Gasteiger partial charge is 0.348 e. The van der Waals surface area contributed by atoms with Gasteiger partial charge in [-0.05, 0) is 6.07 Å². The highest BCUT2D eigenvalue weighted by Crippen LogP contribution is 2.08. The summed E-state index contributed by atoms with van der Waals surface area (Å²) < 4.78 is 0. The van der Waals surface area contributed by atoms with E-state index in [1.54, 1.807) is 18.7 Å². The summed E-state index contributed by atoms with van der Waals surface area (Å²) in [7, 11) is 0. The van der Waals surface area contributed by atoms with Crippen molar-refractivity contribution in [3.05, 3.63) is 42.5 Å². The third-order valence-corrected chi connectivity index (χ3v) is 3.42. The molecule has 0 bridgehead atoms. The van der Waals surface area contributed by atoms with Crippen LogP contribution in [0.3, 0.4) is 0 Å². The van der Waals surface area contributed by atoms with Crippen LogP contribution in [0, 0.1) is 0 Å². The van der Waals surface area contributed by atoms with Gasteiger partial charge in [0.25, 0.3) is 0 Å². The molecule has 1 saturated heterocycles. The molecule has 1 N–H and O–H groups in total. The Kier molecular flexibility index (Phi) is 3.81. The van der Waals surface area contributed by atoms with E-state index in [-0.39, 0.29) is 0 Å². The fourth-order valence-corrected chi connectivity index (χ4v) is 2.34. The first-order valence-electron chi connectivity index (χ1n) is 6.58. The second-order valence-corrected chi connectivity index (χ2v) is 4.79. The van der Waals surface area contributed by atoms with Gasteiger partial charge in [-0.25, -0.2) is 15.0 Å². The first-order valence-corrected chi connectivity index (χ1v) is 6.58. The average Bonchev–Trinajstić information content (AvgIpc) is 2.95. The summed E-state index contributed by atoms with van der Waals surface area (Å²) in [5.74, 6) is 1.05. The maximum Gasteiger partial charge on any atom is 0.120 e. The second-order valence-electron chi connectivity index (χ2n) is 4.79. The van der Waals surface area contributed by atoms with Crippen LogP contribution < -0.4 is 0 Å². The number of aromatic amines is 1. The van der Waals surface area contributed by atoms with Gasteiger partial charge >= 0.3 is 0 Å². The maximum atomic E-state index is 4.27. The predicted octanol–water partition coefficient (Wildman–Crippen LogP) is 0.517. The standard InChI is InChI=1S/C13H18N6/c1-2-14-11-17-12(1)9-18-5-7-19(8-6-18)10-13-15-3-4-16-13/h1-4,11H,5-10H2,(H,15,16). The zero-order valence-electron chi connectivity index (χ0n) is 10.9. The lowest BCUT2D eigenvalue weighted by molar-refractivity contribution is 0.119. The van der Waals surface area contributed by atoms with Crippen molar-refractivity contribution in [2.24, 2.45) is 0 Å². The fourth-order valence-electron chi connectivity index (χ4n) is 2.34. The van der Waals surface area contributed by atoms with Gasteiger partial charge in [-0.2, -0.15) is 0 Å². The molecular formula is C13H18N6. The van der Waals surface area contributed by atoms with E-state index in [4.69, 9.17) is 0 Å². The highest BCUT2D eigenvalue weighted by atomic mass is 15.3. The Bertz CT molecular complexity index is 475. The molecule has 0 radical (unpaired) electrons. The van der Waals surface area contributed by atoms with Crippen molar-refractivity contribution < 1.29 is 0 Å². The van der Waals surface area contributed by atoms with E-state index in [0.29, 0.717) is 0 Å². The Balaban J connectivity index is 1.47. The topological polar surface area (TPSA) is 60.9 Å². The number of nitrogens with zero attached hydrogens (tertiary/aromatic N) is 5.